The van der Waals surface area contributed by atoms with Gasteiger partial charge in [-0.2, -0.15) is 0 Å². The van der Waals surface area contributed by atoms with Crippen molar-refractivity contribution in [1.29, 1.82) is 0 Å². The Morgan fingerprint density at radius 3 is 2.27 bits per heavy atom. The zero-order valence-electron chi connectivity index (χ0n) is 16.2. The van der Waals surface area contributed by atoms with E-state index in [0.717, 1.165) is 56.2 Å². The molecule has 1 atom stereocenters. The quantitative estimate of drug-likeness (QED) is 0.638. The summed E-state index contributed by atoms with van der Waals surface area (Å²) in [5.74, 6) is 0.271. The van der Waals surface area contributed by atoms with E-state index in [9.17, 15) is 14.7 Å². The van der Waals surface area contributed by atoms with Gasteiger partial charge in [0, 0.05) is 11.5 Å². The van der Waals surface area contributed by atoms with Crippen molar-refractivity contribution in [2.75, 3.05) is 6.54 Å². The molecule has 1 aromatic carbocycles. The van der Waals surface area contributed by atoms with Gasteiger partial charge in [-0.3, -0.25) is 9.59 Å². The molecule has 1 saturated carbocycles. The van der Waals surface area contributed by atoms with Crippen LogP contribution in [0.25, 0.3) is 0 Å². The number of rotatable bonds is 9. The molecule has 1 unspecified atom stereocenters. The van der Waals surface area contributed by atoms with Gasteiger partial charge < -0.3 is 10.8 Å². The minimum Gasteiger partial charge on any atom is -0.481 e. The van der Waals surface area contributed by atoms with E-state index in [1.807, 2.05) is 38.1 Å². The van der Waals surface area contributed by atoms with Gasteiger partial charge in [0.05, 0.1) is 5.41 Å². The minimum absolute atomic E-state index is 0.143. The average Bonchev–Trinajstić information content (AvgIpc) is 2.67. The Bertz CT molecular complexity index is 602. The Balaban J connectivity index is 1.86. The third-order valence-electron chi connectivity index (χ3n) is 6.28. The number of carboxylic acids is 1. The van der Waals surface area contributed by atoms with Gasteiger partial charge in [0.2, 0.25) is 0 Å². The Labute approximate surface area is 157 Å². The molecule has 1 aromatic rings. The molecule has 0 aromatic heterocycles. The van der Waals surface area contributed by atoms with Crippen molar-refractivity contribution < 1.29 is 14.7 Å². The highest BCUT2D eigenvalue weighted by atomic mass is 16.4. The number of carbonyl (C=O) groups excluding carboxylic acids is 1. The van der Waals surface area contributed by atoms with Crippen LogP contribution in [-0.2, 0) is 11.2 Å². The number of ketones is 1. The summed E-state index contributed by atoms with van der Waals surface area (Å²) in [7, 11) is 0. The number of Topliss-reactive ketones (excluding diaryl/α,β-unsaturated/α-hetero) is 1. The van der Waals surface area contributed by atoms with E-state index in [-0.39, 0.29) is 11.7 Å². The van der Waals surface area contributed by atoms with E-state index < -0.39 is 11.4 Å². The van der Waals surface area contributed by atoms with E-state index >= 15 is 0 Å². The molecule has 1 aliphatic rings. The summed E-state index contributed by atoms with van der Waals surface area (Å²) in [6, 6.07) is 7.90. The summed E-state index contributed by atoms with van der Waals surface area (Å²) in [6.45, 7) is 4.47. The summed E-state index contributed by atoms with van der Waals surface area (Å²) in [4.78, 5) is 24.0. The second-order valence-electron chi connectivity index (χ2n) is 8.09. The zero-order valence-corrected chi connectivity index (χ0v) is 16.2. The van der Waals surface area contributed by atoms with Crippen molar-refractivity contribution in [1.82, 2.24) is 0 Å². The molecule has 3 N–H and O–H groups in total. The summed E-state index contributed by atoms with van der Waals surface area (Å²) >= 11 is 0. The highest BCUT2D eigenvalue weighted by Gasteiger charge is 2.30. The summed E-state index contributed by atoms with van der Waals surface area (Å²) in [6.07, 6.45) is 7.02. The van der Waals surface area contributed by atoms with E-state index in [1.165, 1.54) is 0 Å². The molecule has 144 valence electrons. The van der Waals surface area contributed by atoms with Gasteiger partial charge in [0.1, 0.15) is 0 Å². The Hall–Kier alpha value is -1.68. The van der Waals surface area contributed by atoms with E-state index in [0.29, 0.717) is 18.8 Å². The fraction of sp³-hybridized carbons (Fsp3) is 0.636. The summed E-state index contributed by atoms with van der Waals surface area (Å²) < 4.78 is 0. The molecular formula is C22H33NO3. The number of nitrogens with two attached hydrogens (primary N) is 1. The first-order valence-electron chi connectivity index (χ1n) is 9.96. The molecule has 0 bridgehead atoms. The number of aliphatic carboxylic acids is 1. The lowest BCUT2D eigenvalue weighted by Gasteiger charge is -2.26. The van der Waals surface area contributed by atoms with Crippen LogP contribution in [0.4, 0.5) is 0 Å². The lowest BCUT2D eigenvalue weighted by Crippen LogP contribution is -2.26. The van der Waals surface area contributed by atoms with Crippen molar-refractivity contribution in [3.8, 4) is 0 Å². The molecule has 0 radical (unpaired) electrons. The largest absolute Gasteiger partial charge is 0.481 e. The second kappa shape index (κ2) is 9.31. The molecular weight excluding hydrogens is 326 g/mol. The molecule has 0 saturated heterocycles. The number of benzene rings is 1. The number of hydrogen-bond acceptors (Lipinski definition) is 3. The van der Waals surface area contributed by atoms with Gasteiger partial charge in [-0.1, -0.05) is 31.2 Å². The molecule has 0 aliphatic heterocycles. The van der Waals surface area contributed by atoms with Crippen LogP contribution >= 0.6 is 0 Å². The Kier molecular flexibility index (Phi) is 7.39. The zero-order chi connectivity index (χ0) is 19.2. The molecule has 0 spiro atoms. The summed E-state index contributed by atoms with van der Waals surface area (Å²) in [5.41, 5.74) is 7.05. The van der Waals surface area contributed by atoms with Gasteiger partial charge in [-0.15, -0.1) is 0 Å². The van der Waals surface area contributed by atoms with Crippen LogP contribution in [0.5, 0.6) is 0 Å². The standard InChI is InChI=1S/C22H33NO3/c1-3-22(2,21(25)26)14-4-5-16-6-10-18(11-7-16)20(24)19-12-8-17(15-23)9-13-19/h6-7,10-11,17,19H,3-5,8-9,12-15,23H2,1-2H3,(H,25,26). The van der Waals surface area contributed by atoms with Crippen LogP contribution in [0.1, 0.15) is 74.7 Å². The number of hydrogen-bond donors (Lipinski definition) is 2. The van der Waals surface area contributed by atoms with Crippen LogP contribution in [0.15, 0.2) is 24.3 Å². The minimum atomic E-state index is -0.717. The van der Waals surface area contributed by atoms with Crippen LogP contribution in [0.3, 0.4) is 0 Å². The first-order chi connectivity index (χ1) is 12.4. The molecule has 1 aliphatic carbocycles. The van der Waals surface area contributed by atoms with Crippen molar-refractivity contribution >= 4 is 11.8 Å². The molecule has 4 heteroatoms. The van der Waals surface area contributed by atoms with Crippen LogP contribution in [0.2, 0.25) is 0 Å². The highest BCUT2D eigenvalue weighted by Crippen LogP contribution is 2.31. The highest BCUT2D eigenvalue weighted by molar-refractivity contribution is 5.97. The fourth-order valence-corrected chi connectivity index (χ4v) is 3.85. The van der Waals surface area contributed by atoms with Gasteiger partial charge in [-0.25, -0.2) is 0 Å². The molecule has 0 heterocycles. The number of carbonyl (C=O) groups is 2. The van der Waals surface area contributed by atoms with E-state index in [4.69, 9.17) is 5.73 Å². The van der Waals surface area contributed by atoms with Gasteiger partial charge >= 0.3 is 5.97 Å². The van der Waals surface area contributed by atoms with Crippen LogP contribution in [0, 0.1) is 17.3 Å². The monoisotopic (exact) mass is 359 g/mol. The maximum absolute atomic E-state index is 12.7. The number of carboxylic acid groups (broad SMARTS) is 1. The van der Waals surface area contributed by atoms with E-state index in [2.05, 4.69) is 0 Å². The van der Waals surface area contributed by atoms with Gasteiger partial charge in [0.25, 0.3) is 0 Å². The predicted octanol–water partition coefficient (Wildman–Crippen LogP) is 4.46. The molecule has 2 rings (SSSR count). The molecule has 26 heavy (non-hydrogen) atoms. The van der Waals surface area contributed by atoms with Crippen molar-refractivity contribution in [3.63, 3.8) is 0 Å². The van der Waals surface area contributed by atoms with Crippen LogP contribution in [-0.4, -0.2) is 23.4 Å². The second-order valence-corrected chi connectivity index (χ2v) is 8.09. The first kappa shape index (κ1) is 20.6. The van der Waals surface area contributed by atoms with Crippen molar-refractivity contribution in [2.45, 2.75) is 65.2 Å². The Morgan fingerprint density at radius 1 is 1.15 bits per heavy atom. The SMILES string of the molecule is CCC(C)(CCCc1ccc(C(=O)C2CCC(CN)CC2)cc1)C(=O)O. The van der Waals surface area contributed by atoms with E-state index in [1.54, 1.807) is 0 Å². The normalized spacial score (nSPS) is 22.6. The molecule has 4 nitrogen and oxygen atoms in total. The topological polar surface area (TPSA) is 80.4 Å². The van der Waals surface area contributed by atoms with Gasteiger partial charge in [0.15, 0.2) is 5.78 Å². The third-order valence-corrected chi connectivity index (χ3v) is 6.28. The first-order valence-corrected chi connectivity index (χ1v) is 9.96. The predicted molar refractivity (Wildman–Crippen MR) is 104 cm³/mol. The fourth-order valence-electron chi connectivity index (χ4n) is 3.85. The van der Waals surface area contributed by atoms with Crippen molar-refractivity contribution in [3.05, 3.63) is 35.4 Å². The smallest absolute Gasteiger partial charge is 0.309 e. The molecule has 0 amide bonds. The number of aryl methyl sites for hydroxylation is 1. The summed E-state index contributed by atoms with van der Waals surface area (Å²) in [5, 5.41) is 9.34. The maximum atomic E-state index is 12.7. The van der Waals surface area contributed by atoms with Crippen molar-refractivity contribution in [2.24, 2.45) is 23.0 Å². The Morgan fingerprint density at radius 2 is 1.77 bits per heavy atom. The molecule has 1 fully saturated rings. The lowest BCUT2D eigenvalue weighted by atomic mass is 9.78. The third kappa shape index (κ3) is 5.16. The van der Waals surface area contributed by atoms with Crippen LogP contribution < -0.4 is 5.73 Å². The maximum Gasteiger partial charge on any atom is 0.309 e. The lowest BCUT2D eigenvalue weighted by molar-refractivity contribution is -0.148. The average molecular weight is 360 g/mol. The van der Waals surface area contributed by atoms with Gasteiger partial charge in [-0.05, 0) is 76.3 Å².